The van der Waals surface area contributed by atoms with Gasteiger partial charge in [-0.2, -0.15) is 5.26 Å². The molecule has 6 heteroatoms. The number of nitriles is 1. The summed E-state index contributed by atoms with van der Waals surface area (Å²) in [7, 11) is 0. The van der Waals surface area contributed by atoms with E-state index in [1.165, 1.54) is 11.1 Å². The van der Waals surface area contributed by atoms with Gasteiger partial charge in [0, 0.05) is 6.54 Å². The summed E-state index contributed by atoms with van der Waals surface area (Å²) in [5.41, 5.74) is 13.9. The number of aryl methyl sites for hydroxylation is 1. The molecule has 21 heavy (non-hydrogen) atoms. The van der Waals surface area contributed by atoms with Crippen molar-refractivity contribution in [2.24, 2.45) is 5.73 Å². The molecular weight excluding hydrogens is 284 g/mol. The van der Waals surface area contributed by atoms with Gasteiger partial charge in [-0.15, -0.1) is 11.3 Å². The lowest BCUT2D eigenvalue weighted by molar-refractivity contribution is 0.100. The van der Waals surface area contributed by atoms with Crippen molar-refractivity contribution in [2.75, 3.05) is 17.6 Å². The van der Waals surface area contributed by atoms with Crippen LogP contribution < -0.4 is 16.8 Å². The zero-order chi connectivity index (χ0) is 15.4. The highest BCUT2D eigenvalue weighted by atomic mass is 32.1. The molecule has 0 aliphatic heterocycles. The minimum Gasteiger partial charge on any atom is -0.396 e. The number of benzene rings is 1. The molecular formula is C15H16N4OS. The summed E-state index contributed by atoms with van der Waals surface area (Å²) in [6.45, 7) is 2.69. The minimum absolute atomic E-state index is 0.160. The first-order valence-electron chi connectivity index (χ1n) is 6.44. The molecule has 1 aromatic carbocycles. The molecule has 108 valence electrons. The van der Waals surface area contributed by atoms with Gasteiger partial charge in [0.05, 0.1) is 5.69 Å². The first-order valence-corrected chi connectivity index (χ1v) is 7.26. The highest BCUT2D eigenvalue weighted by molar-refractivity contribution is 7.18. The summed E-state index contributed by atoms with van der Waals surface area (Å²) in [5, 5.41) is 12.9. The largest absolute Gasteiger partial charge is 0.396 e. The third-order valence-corrected chi connectivity index (χ3v) is 4.24. The average molecular weight is 300 g/mol. The molecule has 0 atom stereocenters. The standard InChI is InChI=1S/C15H16N4OS/c1-9-3-2-4-10(7-9)5-6-19-15-11(8-16)12(17)13(21-15)14(18)20/h2-4,7,19H,5-6,17H2,1H3,(H2,18,20). The maximum absolute atomic E-state index is 11.3. The second kappa shape index (κ2) is 6.29. The molecule has 2 rings (SSSR count). The molecule has 0 saturated heterocycles. The van der Waals surface area contributed by atoms with E-state index in [0.717, 1.165) is 17.8 Å². The quantitative estimate of drug-likeness (QED) is 0.787. The van der Waals surface area contributed by atoms with Gasteiger partial charge in [-0.1, -0.05) is 29.8 Å². The number of nitrogens with one attached hydrogen (secondary N) is 1. The van der Waals surface area contributed by atoms with E-state index in [2.05, 4.69) is 17.4 Å². The Hall–Kier alpha value is -2.52. The van der Waals surface area contributed by atoms with Crippen LogP contribution >= 0.6 is 11.3 Å². The number of nitrogens with two attached hydrogens (primary N) is 2. The molecule has 5 nitrogen and oxygen atoms in total. The van der Waals surface area contributed by atoms with Crippen LogP contribution in [0.2, 0.25) is 0 Å². The predicted octanol–water partition coefficient (Wildman–Crippen LogP) is 2.26. The van der Waals surface area contributed by atoms with Crippen molar-refractivity contribution in [1.29, 1.82) is 5.26 Å². The van der Waals surface area contributed by atoms with Gasteiger partial charge in [0.15, 0.2) is 0 Å². The molecule has 0 spiro atoms. The van der Waals surface area contributed by atoms with E-state index in [9.17, 15) is 4.79 Å². The van der Waals surface area contributed by atoms with Crippen LogP contribution in [-0.2, 0) is 6.42 Å². The number of thiophene rings is 1. The van der Waals surface area contributed by atoms with Crippen LogP contribution in [0.3, 0.4) is 0 Å². The summed E-state index contributed by atoms with van der Waals surface area (Å²) in [5.74, 6) is -0.610. The summed E-state index contributed by atoms with van der Waals surface area (Å²) in [6.07, 6.45) is 0.816. The monoisotopic (exact) mass is 300 g/mol. The lowest BCUT2D eigenvalue weighted by atomic mass is 10.1. The number of rotatable bonds is 5. The zero-order valence-electron chi connectivity index (χ0n) is 11.6. The van der Waals surface area contributed by atoms with E-state index in [0.29, 0.717) is 11.5 Å². The third-order valence-electron chi connectivity index (χ3n) is 3.06. The fourth-order valence-corrected chi connectivity index (χ4v) is 3.00. The number of carbonyl (C=O) groups is 1. The third kappa shape index (κ3) is 3.33. The SMILES string of the molecule is Cc1cccc(CCNc2sc(C(N)=O)c(N)c2C#N)c1. The molecule has 0 aliphatic carbocycles. The smallest absolute Gasteiger partial charge is 0.261 e. The van der Waals surface area contributed by atoms with Crippen LogP contribution in [0.15, 0.2) is 24.3 Å². The Labute approximate surface area is 127 Å². The van der Waals surface area contributed by atoms with Crippen molar-refractivity contribution in [3.8, 4) is 6.07 Å². The topological polar surface area (TPSA) is 105 Å². The predicted molar refractivity (Wildman–Crippen MR) is 85.3 cm³/mol. The molecule has 0 radical (unpaired) electrons. The van der Waals surface area contributed by atoms with E-state index >= 15 is 0 Å². The number of hydrogen-bond acceptors (Lipinski definition) is 5. The molecule has 1 amide bonds. The van der Waals surface area contributed by atoms with Crippen molar-refractivity contribution >= 4 is 27.9 Å². The van der Waals surface area contributed by atoms with Crippen molar-refractivity contribution in [1.82, 2.24) is 0 Å². The van der Waals surface area contributed by atoms with Crippen LogP contribution in [-0.4, -0.2) is 12.5 Å². The van der Waals surface area contributed by atoms with Crippen molar-refractivity contribution in [2.45, 2.75) is 13.3 Å². The highest BCUT2D eigenvalue weighted by Crippen LogP contribution is 2.34. The van der Waals surface area contributed by atoms with Crippen LogP contribution in [0, 0.1) is 18.3 Å². The van der Waals surface area contributed by atoms with Gasteiger partial charge in [-0.3, -0.25) is 4.79 Å². The van der Waals surface area contributed by atoms with Crippen molar-refractivity contribution < 1.29 is 4.79 Å². The molecule has 0 unspecified atom stereocenters. The number of amides is 1. The first-order chi connectivity index (χ1) is 10.0. The van der Waals surface area contributed by atoms with E-state index < -0.39 is 5.91 Å². The Kier molecular flexibility index (Phi) is 4.45. The lowest BCUT2D eigenvalue weighted by Gasteiger charge is -2.05. The van der Waals surface area contributed by atoms with Crippen molar-refractivity contribution in [3.05, 3.63) is 45.8 Å². The number of carbonyl (C=O) groups excluding carboxylic acids is 1. The Balaban J connectivity index is 2.08. The molecule has 1 aromatic heterocycles. The lowest BCUT2D eigenvalue weighted by Crippen LogP contribution is -2.10. The maximum Gasteiger partial charge on any atom is 0.261 e. The zero-order valence-corrected chi connectivity index (χ0v) is 12.5. The molecule has 2 aromatic rings. The summed E-state index contributed by atoms with van der Waals surface area (Å²) in [4.78, 5) is 11.5. The molecule has 5 N–H and O–H groups in total. The van der Waals surface area contributed by atoms with Crippen LogP contribution in [0.1, 0.15) is 26.4 Å². The normalized spacial score (nSPS) is 10.1. The maximum atomic E-state index is 11.3. The molecule has 1 heterocycles. The Bertz CT molecular complexity index is 715. The first kappa shape index (κ1) is 14.9. The van der Waals surface area contributed by atoms with Gasteiger partial charge in [0.2, 0.25) is 0 Å². The highest BCUT2D eigenvalue weighted by Gasteiger charge is 2.18. The Morgan fingerprint density at radius 1 is 1.48 bits per heavy atom. The fraction of sp³-hybridized carbons (Fsp3) is 0.200. The fourth-order valence-electron chi connectivity index (χ4n) is 2.05. The van der Waals surface area contributed by atoms with E-state index in [4.69, 9.17) is 16.7 Å². The van der Waals surface area contributed by atoms with Crippen molar-refractivity contribution in [3.63, 3.8) is 0 Å². The summed E-state index contributed by atoms with van der Waals surface area (Å²) >= 11 is 1.12. The minimum atomic E-state index is -0.610. The van der Waals surface area contributed by atoms with Gasteiger partial charge >= 0.3 is 0 Å². The van der Waals surface area contributed by atoms with Gasteiger partial charge in [-0.25, -0.2) is 0 Å². The van der Waals surface area contributed by atoms with Gasteiger partial charge in [-0.05, 0) is 18.9 Å². The molecule has 0 saturated carbocycles. The number of anilines is 2. The van der Waals surface area contributed by atoms with Gasteiger partial charge in [0.25, 0.3) is 5.91 Å². The Morgan fingerprint density at radius 3 is 2.86 bits per heavy atom. The summed E-state index contributed by atoms with van der Waals surface area (Å²) < 4.78 is 0. The van der Waals surface area contributed by atoms with E-state index in [-0.39, 0.29) is 16.1 Å². The van der Waals surface area contributed by atoms with Gasteiger partial charge < -0.3 is 16.8 Å². The second-order valence-electron chi connectivity index (χ2n) is 4.69. The number of nitrogens with zero attached hydrogens (tertiary/aromatic N) is 1. The average Bonchev–Trinajstić information content (AvgIpc) is 2.75. The van der Waals surface area contributed by atoms with Crippen LogP contribution in [0.5, 0.6) is 0 Å². The number of primary amides is 1. The molecule has 0 bridgehead atoms. The van der Waals surface area contributed by atoms with Gasteiger partial charge in [0.1, 0.15) is 21.5 Å². The molecule has 0 fully saturated rings. The second-order valence-corrected chi connectivity index (χ2v) is 5.71. The summed E-state index contributed by atoms with van der Waals surface area (Å²) in [6, 6.07) is 10.2. The Morgan fingerprint density at radius 2 is 2.24 bits per heavy atom. The number of hydrogen-bond donors (Lipinski definition) is 3. The number of nitrogen functional groups attached to an aromatic ring is 1. The molecule has 0 aliphatic rings. The van der Waals surface area contributed by atoms with E-state index in [1.54, 1.807) is 0 Å². The van der Waals surface area contributed by atoms with Crippen LogP contribution in [0.25, 0.3) is 0 Å². The van der Waals surface area contributed by atoms with Crippen LogP contribution in [0.4, 0.5) is 10.7 Å². The van der Waals surface area contributed by atoms with E-state index in [1.807, 2.05) is 25.1 Å².